The van der Waals surface area contributed by atoms with E-state index in [1.807, 2.05) is 24.3 Å². The topological polar surface area (TPSA) is 67.1 Å². The highest BCUT2D eigenvalue weighted by Gasteiger charge is 2.28. The highest BCUT2D eigenvalue weighted by Crippen LogP contribution is 2.33. The van der Waals surface area contributed by atoms with Crippen molar-refractivity contribution in [3.8, 4) is 0 Å². The largest absolute Gasteiger partial charge is 0.364 e. The predicted octanol–water partition coefficient (Wildman–Crippen LogP) is 2.94. The molecule has 0 radical (unpaired) electrons. The van der Waals surface area contributed by atoms with E-state index in [1.165, 1.54) is 25.7 Å². The molecule has 1 aromatic carbocycles. The lowest BCUT2D eigenvalue weighted by Gasteiger charge is -2.36. The fourth-order valence-electron chi connectivity index (χ4n) is 3.23. The number of nitrogens with two attached hydrogens (primary N) is 1. The molecule has 23 heavy (non-hydrogen) atoms. The summed E-state index contributed by atoms with van der Waals surface area (Å²) in [6.07, 6.45) is 6.06. The molecule has 1 atom stereocenters. The first-order chi connectivity index (χ1) is 10.8. The van der Waals surface area contributed by atoms with Crippen LogP contribution < -0.4 is 16.0 Å². The summed E-state index contributed by atoms with van der Waals surface area (Å²) >= 11 is 0. The highest BCUT2D eigenvalue weighted by atomic mass is 35.5. The van der Waals surface area contributed by atoms with Gasteiger partial charge in [0.1, 0.15) is 0 Å². The summed E-state index contributed by atoms with van der Waals surface area (Å²) in [7, 11) is 0. The van der Waals surface area contributed by atoms with E-state index in [1.54, 1.807) is 0 Å². The third-order valence-electron chi connectivity index (χ3n) is 4.64. The van der Waals surface area contributed by atoms with Crippen LogP contribution in [-0.2, 0) is 0 Å². The Kier molecular flexibility index (Phi) is 4.87. The first-order valence-corrected chi connectivity index (χ1v) is 8.35. The minimum Gasteiger partial charge on any atom is -0.364 e. The van der Waals surface area contributed by atoms with Crippen molar-refractivity contribution < 1.29 is 0 Å². The molecule has 2 aromatic rings. The summed E-state index contributed by atoms with van der Waals surface area (Å²) < 4.78 is 0. The second-order valence-electron chi connectivity index (χ2n) is 6.38. The van der Waals surface area contributed by atoms with Crippen LogP contribution in [0.15, 0.2) is 24.3 Å². The van der Waals surface area contributed by atoms with E-state index >= 15 is 0 Å². The molecular formula is C17H24ClN5. The number of nitrogens with one attached hydrogen (secondary N) is 1. The zero-order valence-electron chi connectivity index (χ0n) is 13.2. The van der Waals surface area contributed by atoms with E-state index in [4.69, 9.17) is 15.7 Å². The molecule has 124 valence electrons. The Bertz CT molecular complexity index is 673. The van der Waals surface area contributed by atoms with Crippen LogP contribution >= 0.6 is 12.4 Å². The minimum absolute atomic E-state index is 0. The third kappa shape index (κ3) is 3.35. The number of benzene rings is 1. The van der Waals surface area contributed by atoms with E-state index in [0.717, 1.165) is 35.6 Å². The van der Waals surface area contributed by atoms with Crippen molar-refractivity contribution in [3.63, 3.8) is 0 Å². The van der Waals surface area contributed by atoms with Crippen molar-refractivity contribution in [3.05, 3.63) is 24.3 Å². The normalized spacial score (nSPS) is 21.1. The minimum atomic E-state index is 0. The van der Waals surface area contributed by atoms with Gasteiger partial charge in [0.05, 0.1) is 11.0 Å². The second-order valence-corrected chi connectivity index (χ2v) is 6.38. The molecule has 1 aliphatic carbocycles. The van der Waals surface area contributed by atoms with Crippen LogP contribution in [0.1, 0.15) is 32.1 Å². The maximum Gasteiger partial charge on any atom is 0.172 e. The van der Waals surface area contributed by atoms with Crippen LogP contribution in [0.25, 0.3) is 11.0 Å². The van der Waals surface area contributed by atoms with Gasteiger partial charge in [0.2, 0.25) is 0 Å². The molecule has 2 fully saturated rings. The van der Waals surface area contributed by atoms with Crippen LogP contribution in [0.3, 0.4) is 0 Å². The van der Waals surface area contributed by atoms with Gasteiger partial charge in [-0.25, -0.2) is 9.97 Å². The van der Waals surface area contributed by atoms with Gasteiger partial charge in [-0.15, -0.1) is 12.4 Å². The quantitative estimate of drug-likeness (QED) is 0.900. The third-order valence-corrected chi connectivity index (χ3v) is 4.64. The summed E-state index contributed by atoms with van der Waals surface area (Å²) in [5.41, 5.74) is 7.91. The number of aromatic nitrogens is 2. The van der Waals surface area contributed by atoms with E-state index in [2.05, 4.69) is 10.2 Å². The smallest absolute Gasteiger partial charge is 0.172 e. The molecule has 2 aliphatic rings. The number of halogens is 1. The number of nitrogens with zero attached hydrogens (tertiary/aromatic N) is 3. The monoisotopic (exact) mass is 333 g/mol. The Labute approximate surface area is 143 Å². The van der Waals surface area contributed by atoms with Crippen molar-refractivity contribution >= 4 is 35.1 Å². The molecule has 6 heteroatoms. The van der Waals surface area contributed by atoms with Gasteiger partial charge in [0.15, 0.2) is 11.6 Å². The van der Waals surface area contributed by atoms with E-state index in [0.29, 0.717) is 18.6 Å². The molecular weight excluding hydrogens is 310 g/mol. The summed E-state index contributed by atoms with van der Waals surface area (Å²) in [6, 6.07) is 9.04. The van der Waals surface area contributed by atoms with Gasteiger partial charge in [-0.2, -0.15) is 0 Å². The molecule has 0 amide bonds. The second kappa shape index (κ2) is 6.89. The first kappa shape index (κ1) is 16.3. The Morgan fingerprint density at radius 2 is 1.83 bits per heavy atom. The van der Waals surface area contributed by atoms with Crippen LogP contribution in [0.5, 0.6) is 0 Å². The van der Waals surface area contributed by atoms with E-state index < -0.39 is 0 Å². The molecule has 2 heterocycles. The summed E-state index contributed by atoms with van der Waals surface area (Å²) in [5.74, 6) is 1.92. The lowest BCUT2D eigenvalue weighted by molar-refractivity contribution is 0.462. The fraction of sp³-hybridized carbons (Fsp3) is 0.529. The first-order valence-electron chi connectivity index (χ1n) is 8.35. The average molecular weight is 334 g/mol. The summed E-state index contributed by atoms with van der Waals surface area (Å²) in [6.45, 7) is 1.70. The van der Waals surface area contributed by atoms with Crippen LogP contribution in [0.4, 0.5) is 11.6 Å². The van der Waals surface area contributed by atoms with Crippen molar-refractivity contribution in [2.45, 2.75) is 44.2 Å². The number of fused-ring (bicyclic) bond motifs is 1. The predicted molar refractivity (Wildman–Crippen MR) is 97.5 cm³/mol. The van der Waals surface area contributed by atoms with Crippen molar-refractivity contribution in [2.75, 3.05) is 23.3 Å². The van der Waals surface area contributed by atoms with Gasteiger partial charge in [-0.1, -0.05) is 12.1 Å². The zero-order valence-corrected chi connectivity index (χ0v) is 14.1. The van der Waals surface area contributed by atoms with Gasteiger partial charge in [-0.3, -0.25) is 0 Å². The molecule has 4 rings (SSSR count). The Balaban J connectivity index is 0.00000156. The van der Waals surface area contributed by atoms with Crippen molar-refractivity contribution in [2.24, 2.45) is 5.73 Å². The number of piperidine rings is 1. The van der Waals surface area contributed by atoms with Gasteiger partial charge in [0.25, 0.3) is 0 Å². The highest BCUT2D eigenvalue weighted by molar-refractivity contribution is 5.85. The number of hydrogen-bond acceptors (Lipinski definition) is 5. The zero-order chi connectivity index (χ0) is 14.9. The van der Waals surface area contributed by atoms with Crippen LogP contribution in [-0.4, -0.2) is 35.1 Å². The Morgan fingerprint density at radius 1 is 1.09 bits per heavy atom. The number of rotatable bonds is 4. The summed E-state index contributed by atoms with van der Waals surface area (Å²) in [4.78, 5) is 12.1. The molecule has 1 unspecified atom stereocenters. The van der Waals surface area contributed by atoms with Gasteiger partial charge >= 0.3 is 0 Å². The molecule has 3 N–H and O–H groups in total. The van der Waals surface area contributed by atoms with Gasteiger partial charge < -0.3 is 16.0 Å². The number of hydrogen-bond donors (Lipinski definition) is 2. The average Bonchev–Trinajstić information content (AvgIpc) is 3.38. The Hall–Kier alpha value is -1.59. The summed E-state index contributed by atoms with van der Waals surface area (Å²) in [5, 5.41) is 3.56. The van der Waals surface area contributed by atoms with Crippen LogP contribution in [0, 0.1) is 0 Å². The lowest BCUT2D eigenvalue weighted by atomic mass is 10.0. The fourth-order valence-corrected chi connectivity index (χ4v) is 3.23. The molecule has 1 aromatic heterocycles. The number of anilines is 2. The van der Waals surface area contributed by atoms with Crippen molar-refractivity contribution in [1.82, 2.24) is 9.97 Å². The van der Waals surface area contributed by atoms with Gasteiger partial charge in [0, 0.05) is 25.2 Å². The molecule has 1 saturated heterocycles. The molecule has 0 bridgehead atoms. The molecule has 0 spiro atoms. The van der Waals surface area contributed by atoms with Crippen molar-refractivity contribution in [1.29, 1.82) is 0 Å². The lowest BCUT2D eigenvalue weighted by Crippen LogP contribution is -2.45. The Morgan fingerprint density at radius 3 is 2.52 bits per heavy atom. The maximum atomic E-state index is 6.00. The maximum absolute atomic E-state index is 6.00. The molecule has 5 nitrogen and oxygen atoms in total. The number of para-hydroxylation sites is 2. The standard InChI is InChI=1S/C17H23N5.ClH/c18-11-13-5-3-4-10-22(13)17-16(19-12-8-9-12)20-14-6-1-2-7-15(14)21-17;/h1-2,6-7,12-13H,3-5,8-11,18H2,(H,19,20);1H. The SMILES string of the molecule is Cl.NCC1CCCCN1c1nc2ccccc2nc1NC1CC1. The molecule has 1 saturated carbocycles. The van der Waals surface area contributed by atoms with E-state index in [-0.39, 0.29) is 12.4 Å². The molecule has 1 aliphatic heterocycles. The van der Waals surface area contributed by atoms with Crippen LogP contribution in [0.2, 0.25) is 0 Å². The van der Waals surface area contributed by atoms with Gasteiger partial charge in [-0.05, 0) is 44.2 Å². The van der Waals surface area contributed by atoms with E-state index in [9.17, 15) is 0 Å².